The summed E-state index contributed by atoms with van der Waals surface area (Å²) in [6.45, 7) is 8.34. The van der Waals surface area contributed by atoms with Crippen LogP contribution in [0, 0.1) is 0 Å². The van der Waals surface area contributed by atoms with Crippen molar-refractivity contribution in [2.45, 2.75) is 33.6 Å². The molecule has 0 unspecified atom stereocenters. The molecule has 0 bridgehead atoms. The van der Waals surface area contributed by atoms with Crippen molar-refractivity contribution in [3.8, 4) is 0 Å². The molecule has 1 aromatic heterocycles. The van der Waals surface area contributed by atoms with Gasteiger partial charge in [-0.2, -0.15) is 4.98 Å². The first-order valence-electron chi connectivity index (χ1n) is 7.81. The van der Waals surface area contributed by atoms with Gasteiger partial charge >= 0.3 is 0 Å². The minimum absolute atomic E-state index is 0.658. The number of rotatable bonds is 7. The van der Waals surface area contributed by atoms with Crippen molar-refractivity contribution in [3.63, 3.8) is 0 Å². The summed E-state index contributed by atoms with van der Waals surface area (Å²) < 4.78 is 1.03. The average molecular weight is 363 g/mol. The Morgan fingerprint density at radius 2 is 1.86 bits per heavy atom. The van der Waals surface area contributed by atoms with Gasteiger partial charge < -0.3 is 10.2 Å². The van der Waals surface area contributed by atoms with E-state index in [2.05, 4.69) is 63.0 Å². The van der Waals surface area contributed by atoms with Crippen molar-refractivity contribution in [1.82, 2.24) is 9.97 Å². The third-order valence-electron chi connectivity index (χ3n) is 3.44. The molecule has 1 N–H and O–H groups in total. The van der Waals surface area contributed by atoms with Gasteiger partial charge in [-0.3, -0.25) is 0 Å². The topological polar surface area (TPSA) is 41.1 Å². The van der Waals surface area contributed by atoms with E-state index in [0.29, 0.717) is 5.95 Å². The summed E-state index contributed by atoms with van der Waals surface area (Å²) in [5.41, 5.74) is 2.06. The van der Waals surface area contributed by atoms with Gasteiger partial charge in [0.2, 0.25) is 5.95 Å². The van der Waals surface area contributed by atoms with Crippen molar-refractivity contribution in [3.05, 3.63) is 40.5 Å². The second-order valence-corrected chi connectivity index (χ2v) is 6.01. The van der Waals surface area contributed by atoms with Gasteiger partial charge in [-0.1, -0.05) is 35.3 Å². The number of hydrogen-bond acceptors (Lipinski definition) is 4. The highest BCUT2D eigenvalue weighted by Gasteiger charge is 2.09. The number of benzene rings is 1. The Balaban J connectivity index is 2.32. The molecule has 1 heterocycles. The molecule has 2 aromatic rings. The average Bonchev–Trinajstić information content (AvgIpc) is 2.49. The molecule has 0 fully saturated rings. The normalized spacial score (nSPS) is 10.5. The molecule has 0 saturated heterocycles. The second kappa shape index (κ2) is 8.13. The van der Waals surface area contributed by atoms with E-state index in [-0.39, 0.29) is 0 Å². The third kappa shape index (κ3) is 4.44. The molecule has 2 rings (SSSR count). The molecule has 0 spiro atoms. The Labute approximate surface area is 141 Å². The summed E-state index contributed by atoms with van der Waals surface area (Å²) in [7, 11) is 0. The van der Waals surface area contributed by atoms with E-state index in [1.165, 1.54) is 0 Å². The zero-order valence-corrected chi connectivity index (χ0v) is 15.0. The number of aromatic nitrogens is 2. The van der Waals surface area contributed by atoms with Gasteiger partial charge in [-0.15, -0.1) is 0 Å². The van der Waals surface area contributed by atoms with E-state index in [1.54, 1.807) is 0 Å². The summed E-state index contributed by atoms with van der Waals surface area (Å²) in [6.07, 6.45) is 2.04. The van der Waals surface area contributed by atoms with E-state index in [4.69, 9.17) is 0 Å². The van der Waals surface area contributed by atoms with Crippen LogP contribution in [0.3, 0.4) is 0 Å². The van der Waals surface area contributed by atoms with E-state index in [1.807, 2.05) is 24.3 Å². The summed E-state index contributed by atoms with van der Waals surface area (Å²) >= 11 is 3.49. The molecule has 22 heavy (non-hydrogen) atoms. The molecule has 118 valence electrons. The SMILES string of the molecule is CCCc1cc(N(CC)CC)nc(Nc2cccc(Br)c2)n1. The van der Waals surface area contributed by atoms with Gasteiger partial charge in [0.15, 0.2) is 0 Å². The fourth-order valence-electron chi connectivity index (χ4n) is 2.33. The zero-order chi connectivity index (χ0) is 15.9. The van der Waals surface area contributed by atoms with Crippen LogP contribution in [0.1, 0.15) is 32.9 Å². The fraction of sp³-hybridized carbons (Fsp3) is 0.412. The number of nitrogens with one attached hydrogen (secondary N) is 1. The van der Waals surface area contributed by atoms with Crippen LogP contribution in [0.4, 0.5) is 17.5 Å². The van der Waals surface area contributed by atoms with E-state index >= 15 is 0 Å². The van der Waals surface area contributed by atoms with Crippen LogP contribution in [0.15, 0.2) is 34.8 Å². The lowest BCUT2D eigenvalue weighted by molar-refractivity contribution is 0.824. The van der Waals surface area contributed by atoms with Crippen LogP contribution >= 0.6 is 15.9 Å². The van der Waals surface area contributed by atoms with Gasteiger partial charge in [-0.05, 0) is 38.5 Å². The van der Waals surface area contributed by atoms with Crippen LogP contribution in [0.2, 0.25) is 0 Å². The fourth-order valence-corrected chi connectivity index (χ4v) is 2.73. The minimum atomic E-state index is 0.658. The molecule has 0 atom stereocenters. The number of halogens is 1. The first kappa shape index (κ1) is 16.7. The minimum Gasteiger partial charge on any atom is -0.357 e. The number of aryl methyl sites for hydroxylation is 1. The lowest BCUT2D eigenvalue weighted by atomic mass is 10.2. The van der Waals surface area contributed by atoms with Crippen LogP contribution in [-0.2, 0) is 6.42 Å². The second-order valence-electron chi connectivity index (χ2n) is 5.10. The lowest BCUT2D eigenvalue weighted by Crippen LogP contribution is -2.23. The van der Waals surface area contributed by atoms with Gasteiger partial charge in [0.1, 0.15) is 5.82 Å². The maximum Gasteiger partial charge on any atom is 0.229 e. The van der Waals surface area contributed by atoms with Gasteiger partial charge in [-0.25, -0.2) is 4.98 Å². The van der Waals surface area contributed by atoms with Crippen molar-refractivity contribution < 1.29 is 0 Å². The van der Waals surface area contributed by atoms with Crippen LogP contribution in [0.5, 0.6) is 0 Å². The predicted molar refractivity (Wildman–Crippen MR) is 97.0 cm³/mol. The van der Waals surface area contributed by atoms with Gasteiger partial charge in [0.05, 0.1) is 0 Å². The molecule has 0 saturated carbocycles. The standard InChI is InChI=1S/C17H23BrN4/c1-4-8-14-12-16(22(5-2)6-3)21-17(19-14)20-15-10-7-9-13(18)11-15/h7,9-12H,4-6,8H2,1-3H3,(H,19,20,21). The van der Waals surface area contributed by atoms with Crippen LogP contribution in [-0.4, -0.2) is 23.1 Å². The molecule has 1 aromatic carbocycles. The summed E-state index contributed by atoms with van der Waals surface area (Å²) in [6, 6.07) is 10.1. The van der Waals surface area contributed by atoms with Crippen LogP contribution < -0.4 is 10.2 Å². The maximum atomic E-state index is 4.67. The molecule has 0 radical (unpaired) electrons. The van der Waals surface area contributed by atoms with Crippen molar-refractivity contribution in [1.29, 1.82) is 0 Å². The molecule has 0 aliphatic heterocycles. The molecular weight excluding hydrogens is 340 g/mol. The van der Waals surface area contributed by atoms with E-state index < -0.39 is 0 Å². The lowest BCUT2D eigenvalue weighted by Gasteiger charge is -2.21. The Morgan fingerprint density at radius 3 is 2.50 bits per heavy atom. The quantitative estimate of drug-likeness (QED) is 0.769. The van der Waals surface area contributed by atoms with Crippen LogP contribution in [0.25, 0.3) is 0 Å². The molecule has 0 aliphatic rings. The maximum absolute atomic E-state index is 4.67. The summed E-state index contributed by atoms with van der Waals surface area (Å²) in [5.74, 6) is 1.65. The smallest absolute Gasteiger partial charge is 0.229 e. The van der Waals surface area contributed by atoms with E-state index in [0.717, 1.165) is 47.6 Å². The highest BCUT2D eigenvalue weighted by molar-refractivity contribution is 9.10. The highest BCUT2D eigenvalue weighted by Crippen LogP contribution is 2.21. The molecule has 4 nitrogen and oxygen atoms in total. The summed E-state index contributed by atoms with van der Waals surface area (Å²) in [5, 5.41) is 3.31. The Hall–Kier alpha value is -1.62. The number of nitrogens with zero attached hydrogens (tertiary/aromatic N) is 3. The third-order valence-corrected chi connectivity index (χ3v) is 3.93. The molecule has 5 heteroatoms. The monoisotopic (exact) mass is 362 g/mol. The van der Waals surface area contributed by atoms with Crippen molar-refractivity contribution in [2.24, 2.45) is 0 Å². The largest absolute Gasteiger partial charge is 0.357 e. The number of hydrogen-bond donors (Lipinski definition) is 1. The molecule has 0 amide bonds. The zero-order valence-electron chi connectivity index (χ0n) is 13.4. The molecular formula is C17H23BrN4. The Kier molecular flexibility index (Phi) is 6.19. The summed E-state index contributed by atoms with van der Waals surface area (Å²) in [4.78, 5) is 11.5. The molecule has 0 aliphatic carbocycles. The van der Waals surface area contributed by atoms with Crippen molar-refractivity contribution in [2.75, 3.05) is 23.3 Å². The first-order valence-corrected chi connectivity index (χ1v) is 8.61. The Bertz CT molecular complexity index is 611. The Morgan fingerprint density at radius 1 is 1.09 bits per heavy atom. The predicted octanol–water partition coefficient (Wildman–Crippen LogP) is 4.78. The van der Waals surface area contributed by atoms with Gasteiger partial charge in [0.25, 0.3) is 0 Å². The van der Waals surface area contributed by atoms with E-state index in [9.17, 15) is 0 Å². The van der Waals surface area contributed by atoms with Crippen molar-refractivity contribution >= 4 is 33.4 Å². The highest BCUT2D eigenvalue weighted by atomic mass is 79.9. The first-order chi connectivity index (χ1) is 10.7. The van der Waals surface area contributed by atoms with Gasteiger partial charge in [0, 0.05) is 35.0 Å². The number of anilines is 3.